The molecule has 0 radical (unpaired) electrons. The average Bonchev–Trinajstić information content (AvgIpc) is 2.39. The maximum Gasteiger partial charge on any atom is 0.195 e. The second kappa shape index (κ2) is 1.47. The van der Waals surface area contributed by atoms with Gasteiger partial charge in [-0.15, -0.1) is 0 Å². The third kappa shape index (κ3) is 0.452. The van der Waals surface area contributed by atoms with Gasteiger partial charge in [-0.2, -0.15) is 0 Å². The lowest BCUT2D eigenvalue weighted by atomic mass is 10.5. The van der Waals surface area contributed by atoms with E-state index in [0.29, 0.717) is 11.1 Å². The monoisotopic (exact) mass is 138 g/mol. The molecule has 0 saturated carbocycles. The van der Waals surface area contributed by atoms with Crippen molar-refractivity contribution in [2.45, 2.75) is 0 Å². The minimum absolute atomic E-state index is 0.0718. The summed E-state index contributed by atoms with van der Waals surface area (Å²) in [6.07, 6.45) is 2.88. The zero-order valence-corrected chi connectivity index (χ0v) is 5.11. The molecule has 4 heteroatoms. The SMILES string of the molecule is Nn1cc(O)c2occc21. The Kier molecular flexibility index (Phi) is 0.768. The fourth-order valence-electron chi connectivity index (χ4n) is 0.957. The number of furan rings is 1. The highest BCUT2D eigenvalue weighted by Crippen LogP contribution is 2.25. The molecule has 0 atom stereocenters. The zero-order chi connectivity index (χ0) is 7.14. The van der Waals surface area contributed by atoms with Crippen LogP contribution in [0.15, 0.2) is 22.9 Å². The van der Waals surface area contributed by atoms with Gasteiger partial charge >= 0.3 is 0 Å². The molecule has 0 fully saturated rings. The van der Waals surface area contributed by atoms with E-state index in [1.165, 1.54) is 17.1 Å². The Morgan fingerprint density at radius 3 is 3.10 bits per heavy atom. The van der Waals surface area contributed by atoms with Crippen molar-refractivity contribution in [3.63, 3.8) is 0 Å². The Morgan fingerprint density at radius 1 is 1.60 bits per heavy atom. The van der Waals surface area contributed by atoms with Crippen molar-refractivity contribution in [1.29, 1.82) is 0 Å². The summed E-state index contributed by atoms with van der Waals surface area (Å²) in [6, 6.07) is 1.69. The molecule has 10 heavy (non-hydrogen) atoms. The highest BCUT2D eigenvalue weighted by atomic mass is 16.3. The van der Waals surface area contributed by atoms with Gasteiger partial charge in [0, 0.05) is 6.07 Å². The smallest absolute Gasteiger partial charge is 0.195 e. The normalized spacial score (nSPS) is 10.8. The number of fused-ring (bicyclic) bond motifs is 1. The maximum absolute atomic E-state index is 9.09. The fraction of sp³-hybridized carbons (Fsp3) is 0. The van der Waals surface area contributed by atoms with Gasteiger partial charge in [0.15, 0.2) is 11.3 Å². The van der Waals surface area contributed by atoms with Crippen molar-refractivity contribution in [2.75, 3.05) is 5.84 Å². The van der Waals surface area contributed by atoms with Gasteiger partial charge in [0.2, 0.25) is 0 Å². The van der Waals surface area contributed by atoms with Crippen molar-refractivity contribution >= 4 is 11.1 Å². The van der Waals surface area contributed by atoms with Crippen molar-refractivity contribution in [1.82, 2.24) is 4.68 Å². The van der Waals surface area contributed by atoms with E-state index in [0.717, 1.165) is 0 Å². The Balaban J connectivity index is 2.98. The maximum atomic E-state index is 9.09. The van der Waals surface area contributed by atoms with Crippen molar-refractivity contribution in [2.24, 2.45) is 0 Å². The van der Waals surface area contributed by atoms with E-state index in [2.05, 4.69) is 0 Å². The van der Waals surface area contributed by atoms with Crippen LogP contribution in [0.25, 0.3) is 11.1 Å². The third-order valence-corrected chi connectivity index (χ3v) is 1.42. The van der Waals surface area contributed by atoms with Crippen molar-refractivity contribution in [3.8, 4) is 5.75 Å². The first-order valence-corrected chi connectivity index (χ1v) is 2.81. The van der Waals surface area contributed by atoms with Crippen LogP contribution in [-0.4, -0.2) is 9.78 Å². The van der Waals surface area contributed by atoms with E-state index in [9.17, 15) is 0 Å². The molecule has 0 aliphatic carbocycles. The predicted octanol–water partition coefficient (Wildman–Crippen LogP) is 0.654. The second-order valence-electron chi connectivity index (χ2n) is 2.06. The summed E-state index contributed by atoms with van der Waals surface area (Å²) >= 11 is 0. The quantitative estimate of drug-likeness (QED) is 0.525. The Hall–Kier alpha value is -1.58. The average molecular weight is 138 g/mol. The molecule has 0 bridgehead atoms. The van der Waals surface area contributed by atoms with Crippen LogP contribution in [0.4, 0.5) is 0 Å². The molecule has 0 aromatic carbocycles. The molecule has 2 aromatic heterocycles. The lowest BCUT2D eigenvalue weighted by Crippen LogP contribution is -2.03. The molecule has 52 valence electrons. The number of aromatic hydroxyl groups is 1. The summed E-state index contributed by atoms with van der Waals surface area (Å²) in [6.45, 7) is 0. The van der Waals surface area contributed by atoms with Gasteiger partial charge in [0.25, 0.3) is 0 Å². The lowest BCUT2D eigenvalue weighted by molar-refractivity contribution is 0.464. The van der Waals surface area contributed by atoms with Gasteiger partial charge in [-0.3, -0.25) is 4.68 Å². The summed E-state index contributed by atoms with van der Waals surface area (Å²) < 4.78 is 6.23. The van der Waals surface area contributed by atoms with Crippen LogP contribution in [0.1, 0.15) is 0 Å². The zero-order valence-electron chi connectivity index (χ0n) is 5.11. The number of hydrogen-bond donors (Lipinski definition) is 2. The molecule has 2 rings (SSSR count). The molecular formula is C6H6N2O2. The molecule has 3 N–H and O–H groups in total. The van der Waals surface area contributed by atoms with Gasteiger partial charge in [-0.1, -0.05) is 0 Å². The van der Waals surface area contributed by atoms with Crippen LogP contribution in [-0.2, 0) is 0 Å². The van der Waals surface area contributed by atoms with Crippen LogP contribution >= 0.6 is 0 Å². The van der Waals surface area contributed by atoms with Crippen LogP contribution in [0.2, 0.25) is 0 Å². The number of nitrogens with two attached hydrogens (primary N) is 1. The second-order valence-corrected chi connectivity index (χ2v) is 2.06. The van der Waals surface area contributed by atoms with Crippen LogP contribution < -0.4 is 5.84 Å². The number of rotatable bonds is 0. The standard InChI is InChI=1S/C6H6N2O2/c7-8-3-5(9)6-4(8)1-2-10-6/h1-3,9H,7H2. The highest BCUT2D eigenvalue weighted by Gasteiger charge is 2.06. The van der Waals surface area contributed by atoms with E-state index in [1.54, 1.807) is 6.07 Å². The van der Waals surface area contributed by atoms with Crippen LogP contribution in [0.3, 0.4) is 0 Å². The molecule has 0 aliphatic rings. The Bertz CT molecular complexity index is 329. The largest absolute Gasteiger partial charge is 0.503 e. The highest BCUT2D eigenvalue weighted by molar-refractivity contribution is 5.80. The van der Waals surface area contributed by atoms with Gasteiger partial charge in [0.05, 0.1) is 12.5 Å². The number of nitrogens with zero attached hydrogens (tertiary/aromatic N) is 1. The van der Waals surface area contributed by atoms with Crippen molar-refractivity contribution < 1.29 is 9.52 Å². The fourth-order valence-corrected chi connectivity index (χ4v) is 0.957. The van der Waals surface area contributed by atoms with Crippen molar-refractivity contribution in [3.05, 3.63) is 18.5 Å². The van der Waals surface area contributed by atoms with E-state index < -0.39 is 0 Å². The minimum Gasteiger partial charge on any atom is -0.503 e. The number of nitrogen functional groups attached to an aromatic ring is 1. The molecule has 0 aliphatic heterocycles. The first kappa shape index (κ1) is 5.22. The topological polar surface area (TPSA) is 64.3 Å². The molecule has 0 spiro atoms. The molecule has 0 amide bonds. The summed E-state index contributed by atoms with van der Waals surface area (Å²) in [5.74, 6) is 5.49. The van der Waals surface area contributed by atoms with Gasteiger partial charge in [-0.05, 0) is 0 Å². The van der Waals surface area contributed by atoms with Crippen LogP contribution in [0, 0.1) is 0 Å². The van der Waals surface area contributed by atoms with Gasteiger partial charge < -0.3 is 15.4 Å². The minimum atomic E-state index is 0.0718. The van der Waals surface area contributed by atoms with E-state index in [4.69, 9.17) is 15.4 Å². The molecule has 2 aromatic rings. The van der Waals surface area contributed by atoms with E-state index >= 15 is 0 Å². The van der Waals surface area contributed by atoms with Crippen LogP contribution in [0.5, 0.6) is 5.75 Å². The summed E-state index contributed by atoms with van der Waals surface area (Å²) in [5.41, 5.74) is 1.13. The molecule has 0 unspecified atom stereocenters. The van der Waals surface area contributed by atoms with E-state index in [1.807, 2.05) is 0 Å². The first-order chi connectivity index (χ1) is 4.79. The summed E-state index contributed by atoms with van der Waals surface area (Å²) in [4.78, 5) is 0. The summed E-state index contributed by atoms with van der Waals surface area (Å²) in [5, 5.41) is 9.09. The van der Waals surface area contributed by atoms with Gasteiger partial charge in [0.1, 0.15) is 5.52 Å². The number of aromatic nitrogens is 1. The first-order valence-electron chi connectivity index (χ1n) is 2.81. The molecule has 2 heterocycles. The number of hydrogen-bond acceptors (Lipinski definition) is 3. The predicted molar refractivity (Wildman–Crippen MR) is 36.0 cm³/mol. The Morgan fingerprint density at radius 2 is 2.40 bits per heavy atom. The lowest BCUT2D eigenvalue weighted by Gasteiger charge is -1.85. The third-order valence-electron chi connectivity index (χ3n) is 1.42. The summed E-state index contributed by atoms with van der Waals surface area (Å²) in [7, 11) is 0. The van der Waals surface area contributed by atoms with E-state index in [-0.39, 0.29) is 5.75 Å². The molecule has 4 nitrogen and oxygen atoms in total. The molecule has 0 saturated heterocycles. The Labute approximate surface area is 56.4 Å². The van der Waals surface area contributed by atoms with Gasteiger partial charge in [-0.25, -0.2) is 0 Å². The molecular weight excluding hydrogens is 132 g/mol.